The molecule has 0 bridgehead atoms. The van der Waals surface area contributed by atoms with E-state index in [1.165, 1.54) is 32.4 Å². The zero-order chi connectivity index (χ0) is 8.81. The van der Waals surface area contributed by atoms with Gasteiger partial charge in [-0.3, -0.25) is 0 Å². The number of hydrogen-bond acceptors (Lipinski definition) is 2. The van der Waals surface area contributed by atoms with Crippen LogP contribution in [0.2, 0.25) is 0 Å². The van der Waals surface area contributed by atoms with Crippen LogP contribution < -0.4 is 10.6 Å². The minimum absolute atomic E-state index is 0.995. The van der Waals surface area contributed by atoms with Gasteiger partial charge in [0.25, 0.3) is 0 Å². The maximum atomic E-state index is 3.51. The monoisotopic (exact) mass is 170 g/mol. The van der Waals surface area contributed by atoms with Crippen molar-refractivity contribution in [1.29, 1.82) is 0 Å². The quantitative estimate of drug-likeness (QED) is 0.562. The molecule has 1 aliphatic carbocycles. The van der Waals surface area contributed by atoms with Gasteiger partial charge < -0.3 is 10.6 Å². The molecule has 0 unspecified atom stereocenters. The molecule has 0 spiro atoms. The van der Waals surface area contributed by atoms with Gasteiger partial charge in [-0.25, -0.2) is 0 Å². The van der Waals surface area contributed by atoms with Crippen LogP contribution in [0.4, 0.5) is 0 Å². The molecule has 2 nitrogen and oxygen atoms in total. The fourth-order valence-electron chi connectivity index (χ4n) is 1.52. The molecule has 0 radical (unpaired) electrons. The van der Waals surface area contributed by atoms with E-state index >= 15 is 0 Å². The smallest absolute Gasteiger partial charge is 0.00179 e. The van der Waals surface area contributed by atoms with E-state index < -0.39 is 0 Å². The van der Waals surface area contributed by atoms with Gasteiger partial charge in [0.15, 0.2) is 0 Å². The topological polar surface area (TPSA) is 24.1 Å². The van der Waals surface area contributed by atoms with Gasteiger partial charge >= 0.3 is 0 Å². The summed E-state index contributed by atoms with van der Waals surface area (Å²) in [7, 11) is 2.01. The van der Waals surface area contributed by atoms with Crippen LogP contribution in [-0.2, 0) is 0 Å². The summed E-state index contributed by atoms with van der Waals surface area (Å²) in [6, 6.07) is 0. The second-order valence-corrected chi connectivity index (χ2v) is 3.99. The molecule has 0 saturated heterocycles. The number of unbranched alkanes of at least 4 members (excludes halogenated alkanes) is 1. The van der Waals surface area contributed by atoms with E-state index in [9.17, 15) is 0 Å². The molecule has 72 valence electrons. The lowest BCUT2D eigenvalue weighted by Crippen LogP contribution is -2.19. The summed E-state index contributed by atoms with van der Waals surface area (Å²) in [4.78, 5) is 0. The highest BCUT2D eigenvalue weighted by Crippen LogP contribution is 2.36. The molecule has 0 aromatic heterocycles. The van der Waals surface area contributed by atoms with Crippen LogP contribution in [0.15, 0.2) is 0 Å². The van der Waals surface area contributed by atoms with Crippen LogP contribution in [0, 0.1) is 11.8 Å². The summed E-state index contributed by atoms with van der Waals surface area (Å²) < 4.78 is 0. The average Bonchev–Trinajstić information content (AvgIpc) is 2.74. The molecule has 2 atom stereocenters. The van der Waals surface area contributed by atoms with E-state index in [4.69, 9.17) is 0 Å². The number of rotatable bonds is 7. The summed E-state index contributed by atoms with van der Waals surface area (Å²) in [6.45, 7) is 5.94. The first kappa shape index (κ1) is 10.0. The lowest BCUT2D eigenvalue weighted by Gasteiger charge is -2.02. The minimum Gasteiger partial charge on any atom is -0.320 e. The predicted octanol–water partition coefficient (Wildman–Crippen LogP) is 1.23. The first-order valence-electron chi connectivity index (χ1n) is 5.20. The summed E-state index contributed by atoms with van der Waals surface area (Å²) in [6.07, 6.45) is 4.05. The molecule has 0 aromatic carbocycles. The first-order chi connectivity index (χ1) is 5.84. The largest absolute Gasteiger partial charge is 0.320 e. The van der Waals surface area contributed by atoms with Crippen LogP contribution >= 0.6 is 0 Å². The van der Waals surface area contributed by atoms with Crippen molar-refractivity contribution in [2.24, 2.45) is 11.8 Å². The third kappa shape index (κ3) is 4.07. The van der Waals surface area contributed by atoms with Gasteiger partial charge in [0.2, 0.25) is 0 Å². The van der Waals surface area contributed by atoms with Gasteiger partial charge in [0.05, 0.1) is 0 Å². The van der Waals surface area contributed by atoms with Gasteiger partial charge in [-0.1, -0.05) is 6.92 Å². The Morgan fingerprint density at radius 1 is 1.25 bits per heavy atom. The lowest BCUT2D eigenvalue weighted by molar-refractivity contribution is 0.571. The Balaban J connectivity index is 1.72. The van der Waals surface area contributed by atoms with Gasteiger partial charge in [-0.05, 0) is 57.8 Å². The Bertz CT molecular complexity index is 114. The normalized spacial score (nSPS) is 27.5. The Labute approximate surface area is 76.1 Å². The highest BCUT2D eigenvalue weighted by atomic mass is 14.9. The van der Waals surface area contributed by atoms with E-state index in [-0.39, 0.29) is 0 Å². The van der Waals surface area contributed by atoms with Crippen LogP contribution in [0.1, 0.15) is 26.2 Å². The van der Waals surface area contributed by atoms with Crippen molar-refractivity contribution in [3.63, 3.8) is 0 Å². The van der Waals surface area contributed by atoms with Crippen LogP contribution in [0.5, 0.6) is 0 Å². The standard InChI is InChI=1S/C10H22N2/c1-9-7-10(9)8-12-6-4-3-5-11-2/h9-12H,3-8H2,1-2H3/t9-,10+/m0/s1. The second kappa shape index (κ2) is 5.55. The molecule has 1 rings (SSSR count). The number of nitrogens with one attached hydrogen (secondary N) is 2. The van der Waals surface area contributed by atoms with E-state index in [0.29, 0.717) is 0 Å². The molecule has 0 aromatic rings. The summed E-state index contributed by atoms with van der Waals surface area (Å²) in [5.74, 6) is 1.99. The van der Waals surface area contributed by atoms with E-state index in [2.05, 4.69) is 17.6 Å². The average molecular weight is 170 g/mol. The molecule has 2 N–H and O–H groups in total. The molecule has 1 saturated carbocycles. The molecule has 0 amide bonds. The summed E-state index contributed by atoms with van der Waals surface area (Å²) in [5, 5.41) is 6.67. The Morgan fingerprint density at radius 2 is 1.92 bits per heavy atom. The number of hydrogen-bond donors (Lipinski definition) is 2. The fourth-order valence-corrected chi connectivity index (χ4v) is 1.52. The van der Waals surface area contributed by atoms with Crippen molar-refractivity contribution in [3.05, 3.63) is 0 Å². The Kier molecular flexibility index (Phi) is 4.62. The zero-order valence-corrected chi connectivity index (χ0v) is 8.40. The predicted molar refractivity (Wildman–Crippen MR) is 53.3 cm³/mol. The Morgan fingerprint density at radius 3 is 2.50 bits per heavy atom. The molecule has 0 aliphatic heterocycles. The van der Waals surface area contributed by atoms with Gasteiger partial charge in [0, 0.05) is 0 Å². The molecule has 1 fully saturated rings. The molecule has 0 heterocycles. The van der Waals surface area contributed by atoms with Crippen LogP contribution in [0.3, 0.4) is 0 Å². The van der Waals surface area contributed by atoms with Crippen LogP contribution in [0.25, 0.3) is 0 Å². The third-order valence-electron chi connectivity index (χ3n) is 2.71. The highest BCUT2D eigenvalue weighted by Gasteiger charge is 2.31. The summed E-state index contributed by atoms with van der Waals surface area (Å²) in [5.41, 5.74) is 0. The fraction of sp³-hybridized carbons (Fsp3) is 1.00. The molecule has 12 heavy (non-hydrogen) atoms. The van der Waals surface area contributed by atoms with E-state index in [0.717, 1.165) is 18.4 Å². The molecule has 1 aliphatic rings. The Hall–Kier alpha value is -0.0800. The van der Waals surface area contributed by atoms with Crippen molar-refractivity contribution < 1.29 is 0 Å². The first-order valence-corrected chi connectivity index (χ1v) is 5.20. The maximum Gasteiger partial charge on any atom is -0.00179 e. The van der Waals surface area contributed by atoms with Crippen molar-refractivity contribution in [2.45, 2.75) is 26.2 Å². The van der Waals surface area contributed by atoms with Crippen molar-refractivity contribution in [2.75, 3.05) is 26.7 Å². The van der Waals surface area contributed by atoms with E-state index in [1.54, 1.807) is 0 Å². The van der Waals surface area contributed by atoms with Gasteiger partial charge in [-0.2, -0.15) is 0 Å². The lowest BCUT2D eigenvalue weighted by atomic mass is 10.3. The maximum absolute atomic E-state index is 3.51. The highest BCUT2D eigenvalue weighted by molar-refractivity contribution is 4.83. The van der Waals surface area contributed by atoms with Crippen molar-refractivity contribution >= 4 is 0 Å². The van der Waals surface area contributed by atoms with Gasteiger partial charge in [0.1, 0.15) is 0 Å². The molecule has 2 heteroatoms. The van der Waals surface area contributed by atoms with Crippen molar-refractivity contribution in [3.8, 4) is 0 Å². The van der Waals surface area contributed by atoms with Crippen LogP contribution in [-0.4, -0.2) is 26.7 Å². The zero-order valence-electron chi connectivity index (χ0n) is 8.40. The molecular formula is C10H22N2. The second-order valence-electron chi connectivity index (χ2n) is 3.99. The molecular weight excluding hydrogens is 148 g/mol. The summed E-state index contributed by atoms with van der Waals surface area (Å²) >= 11 is 0. The van der Waals surface area contributed by atoms with Crippen molar-refractivity contribution in [1.82, 2.24) is 10.6 Å². The van der Waals surface area contributed by atoms with E-state index in [1.807, 2.05) is 7.05 Å². The SMILES string of the molecule is CNCCCCNC[C@H]1C[C@@H]1C. The van der Waals surface area contributed by atoms with Gasteiger partial charge in [-0.15, -0.1) is 0 Å². The third-order valence-corrected chi connectivity index (χ3v) is 2.71. The minimum atomic E-state index is 0.995.